The highest BCUT2D eigenvalue weighted by atomic mass is 79.9. The number of hydrogen-bond acceptors (Lipinski definition) is 0. The van der Waals surface area contributed by atoms with E-state index in [9.17, 15) is 0 Å². The molecule has 0 fully saturated rings. The molecule has 0 aromatic heterocycles. The number of alkyl halides is 1. The molecule has 18 heavy (non-hydrogen) atoms. The van der Waals surface area contributed by atoms with Gasteiger partial charge in [0.05, 0.1) is 0 Å². The van der Waals surface area contributed by atoms with Crippen LogP contribution in [0.15, 0.2) is 46.9 Å². The van der Waals surface area contributed by atoms with E-state index in [4.69, 9.17) is 0 Å². The van der Waals surface area contributed by atoms with Crippen molar-refractivity contribution in [3.63, 3.8) is 0 Å². The van der Waals surface area contributed by atoms with Crippen LogP contribution in [0.4, 0.5) is 0 Å². The van der Waals surface area contributed by atoms with Crippen molar-refractivity contribution in [3.05, 3.63) is 69.2 Å². The van der Waals surface area contributed by atoms with Gasteiger partial charge in [-0.3, -0.25) is 0 Å². The van der Waals surface area contributed by atoms with Crippen LogP contribution >= 0.6 is 31.9 Å². The van der Waals surface area contributed by atoms with Crippen LogP contribution < -0.4 is 0 Å². The molecular weight excluding hydrogens is 352 g/mol. The molecule has 2 aromatic rings. The van der Waals surface area contributed by atoms with E-state index in [-0.39, 0.29) is 0 Å². The zero-order chi connectivity index (χ0) is 13.1. The third kappa shape index (κ3) is 3.24. The Balaban J connectivity index is 2.25. The van der Waals surface area contributed by atoms with Crippen molar-refractivity contribution >= 4 is 31.9 Å². The molecule has 1 atom stereocenters. The van der Waals surface area contributed by atoms with Gasteiger partial charge in [0, 0.05) is 9.30 Å². The Labute approximate surface area is 126 Å². The molecule has 2 rings (SSSR count). The zero-order valence-corrected chi connectivity index (χ0v) is 13.8. The molecule has 94 valence electrons. The van der Waals surface area contributed by atoms with Crippen molar-refractivity contribution in [2.75, 3.05) is 0 Å². The van der Waals surface area contributed by atoms with E-state index in [2.05, 4.69) is 88.2 Å². The second-order valence-electron chi connectivity index (χ2n) is 4.62. The maximum atomic E-state index is 3.81. The summed E-state index contributed by atoms with van der Waals surface area (Å²) in [6.07, 6.45) is 1.01. The fraction of sp³-hybridized carbons (Fsp3) is 0.250. The molecule has 0 amide bonds. The van der Waals surface area contributed by atoms with Gasteiger partial charge < -0.3 is 0 Å². The van der Waals surface area contributed by atoms with E-state index in [1.165, 1.54) is 26.7 Å². The van der Waals surface area contributed by atoms with E-state index < -0.39 is 0 Å². The lowest BCUT2D eigenvalue weighted by Gasteiger charge is -2.14. The van der Waals surface area contributed by atoms with Gasteiger partial charge in [0.2, 0.25) is 0 Å². The lowest BCUT2D eigenvalue weighted by Crippen LogP contribution is -1.99. The Bertz CT molecular complexity index is 547. The van der Waals surface area contributed by atoms with Crippen molar-refractivity contribution in [2.24, 2.45) is 0 Å². The van der Waals surface area contributed by atoms with Crippen molar-refractivity contribution in [1.82, 2.24) is 0 Å². The average Bonchev–Trinajstić information content (AvgIpc) is 2.35. The first kappa shape index (κ1) is 13.8. The quantitative estimate of drug-likeness (QED) is 0.606. The first-order valence-electron chi connectivity index (χ1n) is 6.02. The molecule has 2 aromatic carbocycles. The summed E-state index contributed by atoms with van der Waals surface area (Å²) in [5, 5.41) is 0. The summed E-state index contributed by atoms with van der Waals surface area (Å²) in [6.45, 7) is 4.30. The highest BCUT2D eigenvalue weighted by molar-refractivity contribution is 9.11. The Morgan fingerprint density at radius 1 is 1.06 bits per heavy atom. The molecular formula is C16H16Br2. The minimum atomic E-state index is 0.341. The molecule has 0 heterocycles. The first-order chi connectivity index (χ1) is 8.58. The van der Waals surface area contributed by atoms with Gasteiger partial charge in [-0.1, -0.05) is 73.8 Å². The number of benzene rings is 2. The maximum Gasteiger partial charge on any atom is 0.0446 e. The van der Waals surface area contributed by atoms with Gasteiger partial charge in [-0.05, 0) is 43.0 Å². The molecule has 0 saturated heterocycles. The van der Waals surface area contributed by atoms with Crippen LogP contribution in [0, 0.1) is 13.8 Å². The molecule has 0 aliphatic carbocycles. The van der Waals surface area contributed by atoms with Crippen LogP contribution in [0.3, 0.4) is 0 Å². The monoisotopic (exact) mass is 366 g/mol. The SMILES string of the molecule is Cc1ccc(Br)c(C(Br)Cc2ccccc2C)c1. The fourth-order valence-electron chi connectivity index (χ4n) is 2.05. The van der Waals surface area contributed by atoms with E-state index in [1.807, 2.05) is 0 Å². The Morgan fingerprint density at radius 2 is 1.78 bits per heavy atom. The Hall–Kier alpha value is -0.600. The summed E-state index contributed by atoms with van der Waals surface area (Å²) < 4.78 is 1.17. The van der Waals surface area contributed by atoms with Crippen molar-refractivity contribution < 1.29 is 0 Å². The van der Waals surface area contributed by atoms with Crippen LogP contribution in [0.1, 0.15) is 27.1 Å². The van der Waals surface area contributed by atoms with Gasteiger partial charge in [-0.15, -0.1) is 0 Å². The Kier molecular flexibility index (Phi) is 4.63. The van der Waals surface area contributed by atoms with Crippen LogP contribution in [-0.4, -0.2) is 0 Å². The van der Waals surface area contributed by atoms with Gasteiger partial charge >= 0.3 is 0 Å². The average molecular weight is 368 g/mol. The van der Waals surface area contributed by atoms with Gasteiger partial charge in [-0.25, -0.2) is 0 Å². The number of aryl methyl sites for hydroxylation is 2. The van der Waals surface area contributed by atoms with E-state index in [0.717, 1.165) is 6.42 Å². The zero-order valence-electron chi connectivity index (χ0n) is 10.6. The lowest BCUT2D eigenvalue weighted by atomic mass is 10.00. The fourth-order valence-corrected chi connectivity index (χ4v) is 3.60. The normalized spacial score (nSPS) is 12.4. The van der Waals surface area contributed by atoms with Crippen LogP contribution in [-0.2, 0) is 6.42 Å². The largest absolute Gasteiger partial charge is 0.0835 e. The minimum Gasteiger partial charge on any atom is -0.0835 e. The standard InChI is InChI=1S/C16H16Br2/c1-11-7-8-15(17)14(9-11)16(18)10-13-6-4-3-5-12(13)2/h3-9,16H,10H2,1-2H3. The highest BCUT2D eigenvalue weighted by Crippen LogP contribution is 2.33. The van der Waals surface area contributed by atoms with Crippen molar-refractivity contribution in [2.45, 2.75) is 25.1 Å². The molecule has 0 bridgehead atoms. The second kappa shape index (κ2) is 6.03. The maximum absolute atomic E-state index is 3.81. The van der Waals surface area contributed by atoms with Gasteiger partial charge in [0.15, 0.2) is 0 Å². The second-order valence-corrected chi connectivity index (χ2v) is 6.58. The highest BCUT2D eigenvalue weighted by Gasteiger charge is 2.13. The lowest BCUT2D eigenvalue weighted by molar-refractivity contribution is 0.931. The summed E-state index contributed by atoms with van der Waals surface area (Å²) in [4.78, 5) is 0.341. The van der Waals surface area contributed by atoms with Gasteiger partial charge in [0.1, 0.15) is 0 Å². The topological polar surface area (TPSA) is 0 Å². The summed E-state index contributed by atoms with van der Waals surface area (Å²) in [7, 11) is 0. The van der Waals surface area contributed by atoms with Crippen LogP contribution in [0.2, 0.25) is 0 Å². The number of rotatable bonds is 3. The molecule has 1 unspecified atom stereocenters. The summed E-state index contributed by atoms with van der Waals surface area (Å²) in [5.41, 5.74) is 5.36. The van der Waals surface area contributed by atoms with Gasteiger partial charge in [0.25, 0.3) is 0 Å². The number of hydrogen-bond donors (Lipinski definition) is 0. The van der Waals surface area contributed by atoms with Crippen LogP contribution in [0.25, 0.3) is 0 Å². The third-order valence-electron chi connectivity index (χ3n) is 3.15. The molecule has 0 aliphatic heterocycles. The summed E-state index contributed by atoms with van der Waals surface area (Å²) >= 11 is 7.44. The molecule has 0 saturated carbocycles. The summed E-state index contributed by atoms with van der Waals surface area (Å²) in [5.74, 6) is 0. The molecule has 0 radical (unpaired) electrons. The van der Waals surface area contributed by atoms with Crippen molar-refractivity contribution in [3.8, 4) is 0 Å². The molecule has 0 spiro atoms. The van der Waals surface area contributed by atoms with Crippen molar-refractivity contribution in [1.29, 1.82) is 0 Å². The number of halogens is 2. The molecule has 0 aliphatic rings. The predicted octanol–water partition coefficient (Wildman–Crippen LogP) is 5.74. The Morgan fingerprint density at radius 3 is 2.50 bits per heavy atom. The molecule has 0 nitrogen and oxygen atoms in total. The smallest absolute Gasteiger partial charge is 0.0446 e. The molecule has 2 heteroatoms. The summed E-state index contributed by atoms with van der Waals surface area (Å²) in [6, 6.07) is 15.0. The van der Waals surface area contributed by atoms with E-state index in [0.29, 0.717) is 4.83 Å². The van der Waals surface area contributed by atoms with Gasteiger partial charge in [-0.2, -0.15) is 0 Å². The van der Waals surface area contributed by atoms with Crippen LogP contribution in [0.5, 0.6) is 0 Å². The molecule has 0 N–H and O–H groups in total. The van der Waals surface area contributed by atoms with E-state index >= 15 is 0 Å². The predicted molar refractivity (Wildman–Crippen MR) is 85.4 cm³/mol. The van der Waals surface area contributed by atoms with E-state index in [1.54, 1.807) is 0 Å². The minimum absolute atomic E-state index is 0.341. The third-order valence-corrected chi connectivity index (χ3v) is 4.69. The first-order valence-corrected chi connectivity index (χ1v) is 7.73.